The SMILES string of the molecule is Cc1ccnc(C(c2ccc(F)cc2)N2C[C@H](C)N(c3cc(=O)n(C)c4ccc(C#N)nc34)C[C@H]2C)c1. The van der Waals surface area contributed by atoms with Crippen LogP contribution in [0.2, 0.25) is 0 Å². The first-order chi connectivity index (χ1) is 17.8. The first-order valence-electron chi connectivity index (χ1n) is 12.4. The van der Waals surface area contributed by atoms with Gasteiger partial charge in [-0.1, -0.05) is 12.1 Å². The number of aryl methyl sites for hydroxylation is 2. The van der Waals surface area contributed by atoms with Gasteiger partial charge < -0.3 is 9.47 Å². The van der Waals surface area contributed by atoms with Crippen LogP contribution in [-0.4, -0.2) is 44.6 Å². The summed E-state index contributed by atoms with van der Waals surface area (Å²) >= 11 is 0. The van der Waals surface area contributed by atoms with Crippen LogP contribution in [0, 0.1) is 24.1 Å². The van der Waals surface area contributed by atoms with Gasteiger partial charge in [0.15, 0.2) is 0 Å². The first-order valence-corrected chi connectivity index (χ1v) is 12.4. The summed E-state index contributed by atoms with van der Waals surface area (Å²) in [6.45, 7) is 7.66. The van der Waals surface area contributed by atoms with Crippen molar-refractivity contribution in [3.63, 3.8) is 0 Å². The lowest BCUT2D eigenvalue weighted by Gasteiger charge is -2.48. The fourth-order valence-electron chi connectivity index (χ4n) is 5.33. The van der Waals surface area contributed by atoms with Crippen LogP contribution in [0.25, 0.3) is 11.0 Å². The van der Waals surface area contributed by atoms with Gasteiger partial charge in [0, 0.05) is 44.5 Å². The Morgan fingerprint density at radius 2 is 1.81 bits per heavy atom. The van der Waals surface area contributed by atoms with Crippen LogP contribution in [-0.2, 0) is 7.05 Å². The molecule has 1 saturated heterocycles. The average molecular weight is 497 g/mol. The van der Waals surface area contributed by atoms with E-state index >= 15 is 0 Å². The molecule has 3 aromatic heterocycles. The van der Waals surface area contributed by atoms with E-state index in [0.717, 1.165) is 22.5 Å². The minimum Gasteiger partial charge on any atom is -0.364 e. The number of aromatic nitrogens is 3. The van der Waals surface area contributed by atoms with Crippen molar-refractivity contribution in [2.45, 2.75) is 38.9 Å². The lowest BCUT2D eigenvalue weighted by molar-refractivity contribution is 0.128. The zero-order valence-corrected chi connectivity index (χ0v) is 21.4. The Labute approximate surface area is 215 Å². The third kappa shape index (κ3) is 4.58. The predicted octanol–water partition coefficient (Wildman–Crippen LogP) is 4.34. The van der Waals surface area contributed by atoms with E-state index in [9.17, 15) is 14.4 Å². The highest BCUT2D eigenvalue weighted by Crippen LogP contribution is 2.35. The number of anilines is 1. The molecule has 188 valence electrons. The number of nitrogens with zero attached hydrogens (tertiary/aromatic N) is 6. The molecule has 3 atom stereocenters. The summed E-state index contributed by atoms with van der Waals surface area (Å²) in [6, 6.07) is 17.8. The maximum Gasteiger partial charge on any atom is 0.252 e. The molecule has 1 aliphatic rings. The lowest BCUT2D eigenvalue weighted by atomic mass is 9.95. The minimum absolute atomic E-state index is 0.0341. The van der Waals surface area contributed by atoms with Crippen LogP contribution in [0.5, 0.6) is 0 Å². The van der Waals surface area contributed by atoms with Crippen molar-refractivity contribution in [3.05, 3.63) is 99.5 Å². The Balaban J connectivity index is 1.56. The van der Waals surface area contributed by atoms with Gasteiger partial charge in [0.2, 0.25) is 0 Å². The molecule has 1 aliphatic heterocycles. The van der Waals surface area contributed by atoms with Crippen molar-refractivity contribution in [2.75, 3.05) is 18.0 Å². The van der Waals surface area contributed by atoms with Crippen LogP contribution in [0.15, 0.2) is 65.6 Å². The second-order valence-corrected chi connectivity index (χ2v) is 9.86. The molecule has 4 aromatic rings. The van der Waals surface area contributed by atoms with E-state index in [4.69, 9.17) is 4.98 Å². The summed E-state index contributed by atoms with van der Waals surface area (Å²) in [5, 5.41) is 9.43. The molecule has 0 N–H and O–H groups in total. The fourth-order valence-corrected chi connectivity index (χ4v) is 5.33. The van der Waals surface area contributed by atoms with Crippen LogP contribution in [0.3, 0.4) is 0 Å². The molecule has 0 radical (unpaired) electrons. The largest absolute Gasteiger partial charge is 0.364 e. The van der Waals surface area contributed by atoms with E-state index in [0.29, 0.717) is 29.8 Å². The molecule has 37 heavy (non-hydrogen) atoms. The number of piperazine rings is 1. The molecular formula is C29H29FN6O. The van der Waals surface area contributed by atoms with E-state index in [-0.39, 0.29) is 29.5 Å². The topological polar surface area (TPSA) is 78.0 Å². The van der Waals surface area contributed by atoms with Crippen LogP contribution >= 0.6 is 0 Å². The van der Waals surface area contributed by atoms with Gasteiger partial charge in [0.25, 0.3) is 5.56 Å². The van der Waals surface area contributed by atoms with Gasteiger partial charge in [-0.05, 0) is 68.3 Å². The van der Waals surface area contributed by atoms with Gasteiger partial charge in [-0.2, -0.15) is 5.26 Å². The van der Waals surface area contributed by atoms with Crippen molar-refractivity contribution < 1.29 is 4.39 Å². The molecule has 7 nitrogen and oxygen atoms in total. The van der Waals surface area contributed by atoms with E-state index in [2.05, 4.69) is 40.8 Å². The molecule has 0 aliphatic carbocycles. The Kier molecular flexibility index (Phi) is 6.48. The first kappa shape index (κ1) is 24.6. The zero-order valence-electron chi connectivity index (χ0n) is 21.4. The standard InChI is InChI=1S/C29H29FN6O/c1-18-11-12-32-24(13-18)29(21-5-7-22(30)8-6-21)36-17-19(2)35(16-20(36)3)26-14-27(37)34(4)25-10-9-23(15-31)33-28(25)26/h5-14,19-20,29H,16-17H2,1-4H3/t19-,20+,29?/m0/s1. The molecule has 8 heteroatoms. The van der Waals surface area contributed by atoms with Crippen LogP contribution in [0.4, 0.5) is 10.1 Å². The number of hydrogen-bond donors (Lipinski definition) is 0. The number of benzene rings is 1. The van der Waals surface area contributed by atoms with Gasteiger partial charge in [0.05, 0.1) is 22.9 Å². The molecular weight excluding hydrogens is 467 g/mol. The molecule has 0 spiro atoms. The number of nitriles is 1. The van der Waals surface area contributed by atoms with E-state index in [1.807, 2.05) is 31.3 Å². The number of hydrogen-bond acceptors (Lipinski definition) is 6. The summed E-state index contributed by atoms with van der Waals surface area (Å²) < 4.78 is 15.4. The summed E-state index contributed by atoms with van der Waals surface area (Å²) in [5.74, 6) is -0.271. The Bertz CT molecular complexity index is 1560. The molecule has 1 unspecified atom stereocenters. The van der Waals surface area contributed by atoms with Gasteiger partial charge in [0.1, 0.15) is 23.1 Å². The normalized spacial score (nSPS) is 19.1. The van der Waals surface area contributed by atoms with Crippen molar-refractivity contribution >= 4 is 16.7 Å². The summed E-state index contributed by atoms with van der Waals surface area (Å²) in [6.07, 6.45) is 1.82. The Morgan fingerprint density at radius 3 is 2.51 bits per heavy atom. The third-order valence-electron chi connectivity index (χ3n) is 7.26. The van der Waals surface area contributed by atoms with Gasteiger partial charge >= 0.3 is 0 Å². The molecule has 0 saturated carbocycles. The maximum atomic E-state index is 13.8. The number of fused-ring (bicyclic) bond motifs is 1. The summed E-state index contributed by atoms with van der Waals surface area (Å²) in [7, 11) is 1.72. The fraction of sp³-hybridized carbons (Fsp3) is 0.310. The number of halogens is 1. The Morgan fingerprint density at radius 1 is 1.05 bits per heavy atom. The van der Waals surface area contributed by atoms with Crippen LogP contribution < -0.4 is 10.5 Å². The smallest absolute Gasteiger partial charge is 0.252 e. The molecule has 4 heterocycles. The lowest BCUT2D eigenvalue weighted by Crippen LogP contribution is -2.57. The summed E-state index contributed by atoms with van der Waals surface area (Å²) in [5.41, 5.74) is 5.27. The molecule has 5 rings (SSSR count). The number of rotatable bonds is 4. The maximum absolute atomic E-state index is 13.8. The van der Waals surface area contributed by atoms with Crippen molar-refractivity contribution in [1.82, 2.24) is 19.4 Å². The van der Waals surface area contributed by atoms with Gasteiger partial charge in [-0.3, -0.25) is 14.7 Å². The average Bonchev–Trinajstić information content (AvgIpc) is 2.89. The highest BCUT2D eigenvalue weighted by molar-refractivity contribution is 5.89. The summed E-state index contributed by atoms with van der Waals surface area (Å²) in [4.78, 5) is 26.7. The number of pyridine rings is 3. The highest BCUT2D eigenvalue weighted by atomic mass is 19.1. The highest BCUT2D eigenvalue weighted by Gasteiger charge is 2.36. The molecule has 1 aromatic carbocycles. The van der Waals surface area contributed by atoms with E-state index in [1.165, 1.54) is 12.1 Å². The monoisotopic (exact) mass is 496 g/mol. The second kappa shape index (κ2) is 9.75. The van der Waals surface area contributed by atoms with E-state index < -0.39 is 0 Å². The van der Waals surface area contributed by atoms with Crippen molar-refractivity contribution in [2.24, 2.45) is 7.05 Å². The molecule has 0 bridgehead atoms. The molecule has 0 amide bonds. The van der Waals surface area contributed by atoms with Crippen LogP contribution in [0.1, 0.15) is 42.4 Å². The molecule has 1 fully saturated rings. The predicted molar refractivity (Wildman–Crippen MR) is 142 cm³/mol. The van der Waals surface area contributed by atoms with E-state index in [1.54, 1.807) is 29.8 Å². The minimum atomic E-state index is -0.271. The quantitative estimate of drug-likeness (QED) is 0.418. The zero-order chi connectivity index (χ0) is 26.3. The van der Waals surface area contributed by atoms with Gasteiger partial charge in [-0.25, -0.2) is 9.37 Å². The van der Waals surface area contributed by atoms with Crippen molar-refractivity contribution in [3.8, 4) is 6.07 Å². The second-order valence-electron chi connectivity index (χ2n) is 9.86. The van der Waals surface area contributed by atoms with Gasteiger partial charge in [-0.15, -0.1) is 0 Å². The van der Waals surface area contributed by atoms with Crippen molar-refractivity contribution in [1.29, 1.82) is 5.26 Å². The third-order valence-corrected chi connectivity index (χ3v) is 7.26. The Hall–Kier alpha value is -4.09.